The maximum absolute atomic E-state index is 13.4. The Morgan fingerprint density at radius 2 is 1.76 bits per heavy atom. The van der Waals surface area contributed by atoms with E-state index in [1.807, 2.05) is 6.92 Å². The third kappa shape index (κ3) is 5.86. The topological polar surface area (TPSA) is 97.3 Å². The predicted octanol–water partition coefficient (Wildman–Crippen LogP) is 4.01. The molecule has 0 spiro atoms. The number of rotatable bonds is 9. The van der Waals surface area contributed by atoms with Crippen LogP contribution in [0.15, 0.2) is 76.7 Å². The number of anilines is 1. The van der Waals surface area contributed by atoms with Gasteiger partial charge in [0, 0.05) is 5.56 Å². The van der Waals surface area contributed by atoms with E-state index in [0.29, 0.717) is 17.1 Å². The highest BCUT2D eigenvalue weighted by Crippen LogP contribution is 2.30. The number of hydrogen-bond donors (Lipinski definition) is 1. The monoisotopic (exact) mass is 501 g/mol. The van der Waals surface area contributed by atoms with Crippen molar-refractivity contribution in [3.63, 3.8) is 0 Å². The maximum atomic E-state index is 13.4. The van der Waals surface area contributed by atoms with Crippen molar-refractivity contribution in [3.8, 4) is 11.5 Å². The fourth-order valence-corrected chi connectivity index (χ4v) is 4.80. The summed E-state index contributed by atoms with van der Waals surface area (Å²) < 4.78 is 38.2. The molecule has 3 rings (SSSR count). The van der Waals surface area contributed by atoms with Crippen LogP contribution in [0.5, 0.6) is 11.5 Å². The van der Waals surface area contributed by atoms with Crippen molar-refractivity contribution in [1.82, 2.24) is 5.43 Å². The van der Waals surface area contributed by atoms with E-state index in [9.17, 15) is 13.2 Å². The molecule has 0 fully saturated rings. The Bertz CT molecular complexity index is 1290. The number of nitrogens with zero attached hydrogens (tertiary/aromatic N) is 2. The largest absolute Gasteiger partial charge is 0.497 e. The summed E-state index contributed by atoms with van der Waals surface area (Å²) >= 11 is 6.27. The van der Waals surface area contributed by atoms with Crippen LogP contribution in [0.3, 0.4) is 0 Å². The van der Waals surface area contributed by atoms with Gasteiger partial charge >= 0.3 is 0 Å². The zero-order chi connectivity index (χ0) is 24.7. The first-order valence-corrected chi connectivity index (χ1v) is 12.0. The van der Waals surface area contributed by atoms with Gasteiger partial charge in [0.15, 0.2) is 0 Å². The third-order valence-electron chi connectivity index (χ3n) is 4.85. The van der Waals surface area contributed by atoms with Gasteiger partial charge < -0.3 is 9.47 Å². The molecule has 178 valence electrons. The van der Waals surface area contributed by atoms with Crippen LogP contribution in [0, 0.1) is 6.92 Å². The first kappa shape index (κ1) is 25.1. The zero-order valence-corrected chi connectivity index (χ0v) is 20.4. The van der Waals surface area contributed by atoms with Gasteiger partial charge in [-0.2, -0.15) is 5.10 Å². The Kier molecular flexibility index (Phi) is 8.14. The average molecular weight is 502 g/mol. The van der Waals surface area contributed by atoms with E-state index in [1.54, 1.807) is 48.5 Å². The Labute approximate surface area is 203 Å². The number of nitrogens with one attached hydrogen (secondary N) is 1. The Balaban J connectivity index is 1.86. The lowest BCUT2D eigenvalue weighted by atomic mass is 10.2. The Morgan fingerprint density at radius 3 is 2.41 bits per heavy atom. The molecule has 3 aromatic carbocycles. The molecule has 0 atom stereocenters. The van der Waals surface area contributed by atoms with Gasteiger partial charge in [-0.25, -0.2) is 13.8 Å². The summed E-state index contributed by atoms with van der Waals surface area (Å²) in [5, 5.41) is 4.14. The number of methoxy groups -OCH3 is 2. The van der Waals surface area contributed by atoms with Crippen LogP contribution in [0.2, 0.25) is 5.02 Å². The van der Waals surface area contributed by atoms with E-state index in [2.05, 4.69) is 10.5 Å². The molecular weight excluding hydrogens is 478 g/mol. The number of para-hydroxylation sites is 1. The van der Waals surface area contributed by atoms with E-state index >= 15 is 0 Å². The molecule has 0 bridgehead atoms. The van der Waals surface area contributed by atoms with Crippen LogP contribution in [0.1, 0.15) is 11.1 Å². The molecule has 0 saturated heterocycles. The summed E-state index contributed by atoms with van der Waals surface area (Å²) in [6, 6.07) is 17.9. The van der Waals surface area contributed by atoms with Gasteiger partial charge in [0.25, 0.3) is 15.9 Å². The minimum atomic E-state index is -4.09. The fourth-order valence-electron chi connectivity index (χ4n) is 3.07. The number of hydrazone groups is 1. The molecule has 0 aliphatic carbocycles. The highest BCUT2D eigenvalue weighted by Gasteiger charge is 2.28. The van der Waals surface area contributed by atoms with Crippen molar-refractivity contribution >= 4 is 39.4 Å². The van der Waals surface area contributed by atoms with E-state index in [-0.39, 0.29) is 15.6 Å². The summed E-state index contributed by atoms with van der Waals surface area (Å²) in [4.78, 5) is 12.7. The van der Waals surface area contributed by atoms with Crippen molar-refractivity contribution in [2.45, 2.75) is 11.8 Å². The van der Waals surface area contributed by atoms with Gasteiger partial charge in [-0.05, 0) is 49.4 Å². The molecule has 0 heterocycles. The molecule has 34 heavy (non-hydrogen) atoms. The van der Waals surface area contributed by atoms with Crippen molar-refractivity contribution in [3.05, 3.63) is 82.9 Å². The van der Waals surface area contributed by atoms with Gasteiger partial charge in [0.1, 0.15) is 18.0 Å². The van der Waals surface area contributed by atoms with E-state index in [0.717, 1.165) is 9.87 Å². The number of halogens is 1. The van der Waals surface area contributed by atoms with E-state index < -0.39 is 22.5 Å². The van der Waals surface area contributed by atoms with Crippen molar-refractivity contribution in [1.29, 1.82) is 0 Å². The van der Waals surface area contributed by atoms with Crippen molar-refractivity contribution < 1.29 is 22.7 Å². The molecule has 10 heteroatoms. The van der Waals surface area contributed by atoms with Gasteiger partial charge in [-0.1, -0.05) is 41.4 Å². The van der Waals surface area contributed by atoms with Crippen LogP contribution in [0.25, 0.3) is 0 Å². The number of hydrogen-bond acceptors (Lipinski definition) is 6. The average Bonchev–Trinajstić information content (AvgIpc) is 2.83. The highest BCUT2D eigenvalue weighted by atomic mass is 35.5. The lowest BCUT2D eigenvalue weighted by Gasteiger charge is -2.24. The number of carbonyl (C=O) groups is 1. The quantitative estimate of drug-likeness (QED) is 0.353. The van der Waals surface area contributed by atoms with Gasteiger partial charge in [0.05, 0.1) is 36.0 Å². The molecule has 3 aromatic rings. The lowest BCUT2D eigenvalue weighted by Crippen LogP contribution is -2.39. The number of sulfonamides is 1. The normalized spacial score (nSPS) is 11.3. The summed E-state index contributed by atoms with van der Waals surface area (Å²) in [5.41, 5.74) is 4.01. The predicted molar refractivity (Wildman–Crippen MR) is 132 cm³/mol. The SMILES string of the molecule is COc1ccc(OC)c(/C=N\NC(=O)CN(c2ccccc2Cl)S(=O)(=O)c2ccc(C)cc2)c1. The highest BCUT2D eigenvalue weighted by molar-refractivity contribution is 7.92. The van der Waals surface area contributed by atoms with E-state index in [1.165, 1.54) is 38.6 Å². The number of benzene rings is 3. The minimum absolute atomic E-state index is 0.0374. The van der Waals surface area contributed by atoms with Crippen LogP contribution in [-0.4, -0.2) is 41.3 Å². The molecule has 0 radical (unpaired) electrons. The summed E-state index contributed by atoms with van der Waals surface area (Å²) in [5.74, 6) is 0.454. The molecule has 0 aliphatic rings. The summed E-state index contributed by atoms with van der Waals surface area (Å²) in [6.45, 7) is 1.32. The van der Waals surface area contributed by atoms with E-state index in [4.69, 9.17) is 21.1 Å². The minimum Gasteiger partial charge on any atom is -0.497 e. The fraction of sp³-hybridized carbons (Fsp3) is 0.167. The second kappa shape index (κ2) is 11.0. The molecule has 0 aliphatic heterocycles. The number of carbonyl (C=O) groups excluding carboxylic acids is 1. The number of ether oxygens (including phenoxy) is 2. The first-order valence-electron chi connectivity index (χ1n) is 10.1. The number of amides is 1. The maximum Gasteiger partial charge on any atom is 0.264 e. The Hall–Kier alpha value is -3.56. The van der Waals surface area contributed by atoms with Crippen LogP contribution >= 0.6 is 11.6 Å². The molecule has 0 saturated carbocycles. The molecule has 0 aromatic heterocycles. The second-order valence-electron chi connectivity index (χ2n) is 7.18. The summed E-state index contributed by atoms with van der Waals surface area (Å²) in [6.07, 6.45) is 1.38. The standard InChI is InChI=1S/C24H24ClN3O5S/c1-17-8-11-20(12-9-17)34(30,31)28(22-7-5-4-6-21(22)25)16-24(29)27-26-15-18-14-19(32-2)10-13-23(18)33-3/h4-15H,16H2,1-3H3,(H,27,29)/b26-15-. The molecule has 8 nitrogen and oxygen atoms in total. The van der Waals surface area contributed by atoms with Crippen molar-refractivity contribution in [2.75, 3.05) is 25.1 Å². The van der Waals surface area contributed by atoms with Gasteiger partial charge in [-0.3, -0.25) is 9.10 Å². The molecule has 0 unspecified atom stereocenters. The Morgan fingerprint density at radius 1 is 1.06 bits per heavy atom. The van der Waals surface area contributed by atoms with Crippen molar-refractivity contribution in [2.24, 2.45) is 5.10 Å². The first-order chi connectivity index (χ1) is 16.3. The van der Waals surface area contributed by atoms with Gasteiger partial charge in [0.2, 0.25) is 0 Å². The third-order valence-corrected chi connectivity index (χ3v) is 6.94. The van der Waals surface area contributed by atoms with Crippen LogP contribution in [0.4, 0.5) is 5.69 Å². The smallest absolute Gasteiger partial charge is 0.264 e. The van der Waals surface area contributed by atoms with Crippen LogP contribution < -0.4 is 19.2 Å². The molecule has 1 N–H and O–H groups in total. The molecule has 1 amide bonds. The zero-order valence-electron chi connectivity index (χ0n) is 18.9. The van der Waals surface area contributed by atoms with Crippen LogP contribution in [-0.2, 0) is 14.8 Å². The number of aryl methyl sites for hydroxylation is 1. The molecular formula is C24H24ClN3O5S. The second-order valence-corrected chi connectivity index (χ2v) is 9.45. The summed E-state index contributed by atoms with van der Waals surface area (Å²) in [7, 11) is -1.05. The van der Waals surface area contributed by atoms with Gasteiger partial charge in [-0.15, -0.1) is 0 Å². The lowest BCUT2D eigenvalue weighted by molar-refractivity contribution is -0.119.